The van der Waals surface area contributed by atoms with E-state index in [-0.39, 0.29) is 42.6 Å². The van der Waals surface area contributed by atoms with Gasteiger partial charge in [-0.3, -0.25) is 9.78 Å². The number of sulfonamides is 1. The highest BCUT2D eigenvalue weighted by Gasteiger charge is 2.34. The van der Waals surface area contributed by atoms with Crippen molar-refractivity contribution in [2.75, 3.05) is 20.1 Å². The zero-order chi connectivity index (χ0) is 31.1. The minimum Gasteiger partial charge on any atom is -0.481 e. The Balaban J connectivity index is 1.71. The molecule has 0 bridgehead atoms. The number of halogens is 3. The number of aliphatic hydroxyl groups excluding tert-OH is 1. The molecule has 2 heterocycles. The van der Waals surface area contributed by atoms with Crippen LogP contribution in [0.3, 0.4) is 0 Å². The van der Waals surface area contributed by atoms with E-state index in [0.29, 0.717) is 11.8 Å². The summed E-state index contributed by atoms with van der Waals surface area (Å²) in [5.41, 5.74) is -0.795. The van der Waals surface area contributed by atoms with Crippen molar-refractivity contribution in [2.45, 2.75) is 68.7 Å². The van der Waals surface area contributed by atoms with Gasteiger partial charge in [-0.25, -0.2) is 8.42 Å². The molecule has 0 saturated carbocycles. The monoisotopic (exact) mass is 627 g/mol. The highest BCUT2D eigenvalue weighted by molar-refractivity contribution is 7.89. The molecule has 230 valence electrons. The molecule has 1 aromatic carbocycles. The summed E-state index contributed by atoms with van der Waals surface area (Å²) in [6, 6.07) is 9.60. The summed E-state index contributed by atoms with van der Waals surface area (Å²) in [6.07, 6.45) is -1.94. The highest BCUT2D eigenvalue weighted by atomic mass is 32.2. The average Bonchev–Trinajstić information content (AvgIpc) is 3.44. The molecular weight excluding hydrogens is 591 g/mol. The number of rotatable bonds is 15. The zero-order valence-electron chi connectivity index (χ0n) is 23.7. The van der Waals surface area contributed by atoms with Gasteiger partial charge in [-0.15, -0.1) is 11.3 Å². The molecule has 0 fully saturated rings. The molecule has 3 rings (SSSR count). The van der Waals surface area contributed by atoms with Crippen LogP contribution in [0, 0.1) is 0 Å². The third kappa shape index (κ3) is 9.87. The number of aryl methyl sites for hydroxylation is 2. The highest BCUT2D eigenvalue weighted by Crippen LogP contribution is 2.35. The number of nitrogens with zero attached hydrogens (tertiary/aromatic N) is 2. The maximum atomic E-state index is 13.8. The van der Waals surface area contributed by atoms with Crippen LogP contribution in [0.5, 0.6) is 0 Å². The largest absolute Gasteiger partial charge is 0.481 e. The Bertz CT molecular complexity index is 1430. The van der Waals surface area contributed by atoms with Gasteiger partial charge in [0.1, 0.15) is 0 Å². The number of benzene rings is 1. The summed E-state index contributed by atoms with van der Waals surface area (Å²) in [7, 11) is -3.19. The number of likely N-dealkylation sites (N-methyl/N-ethyl adjacent to an activating group) is 1. The average molecular weight is 628 g/mol. The van der Waals surface area contributed by atoms with Gasteiger partial charge in [-0.2, -0.15) is 17.5 Å². The number of alkyl halides is 3. The number of aliphatic carboxylic acids is 1. The number of hydrogen-bond donors (Lipinski definition) is 3. The number of aliphatic hydroxyl groups is 1. The first kappa shape index (κ1) is 33.7. The minimum absolute atomic E-state index is 0.0133. The first-order chi connectivity index (χ1) is 19.6. The van der Waals surface area contributed by atoms with Crippen LogP contribution in [0.25, 0.3) is 11.1 Å². The predicted molar refractivity (Wildman–Crippen MR) is 156 cm³/mol. The molecule has 0 aliphatic heterocycles. The molecule has 2 aromatic heterocycles. The molecule has 42 heavy (non-hydrogen) atoms. The topological polar surface area (TPSA) is 120 Å². The van der Waals surface area contributed by atoms with Crippen LogP contribution in [0.2, 0.25) is 0 Å². The van der Waals surface area contributed by atoms with E-state index in [1.165, 1.54) is 30.3 Å². The summed E-state index contributed by atoms with van der Waals surface area (Å²) in [4.78, 5) is 15.6. The lowest BCUT2D eigenvalue weighted by atomic mass is 9.96. The zero-order valence-corrected chi connectivity index (χ0v) is 25.3. The Morgan fingerprint density at radius 3 is 2.45 bits per heavy atom. The van der Waals surface area contributed by atoms with Gasteiger partial charge < -0.3 is 15.5 Å². The van der Waals surface area contributed by atoms with E-state index in [1.807, 2.05) is 25.3 Å². The standard InChI is InChI=1S/C29H36F3N3O5S2/c1-28(2,12-4-6-25-7-5-13-41-25)34-18-24(36)19-35(3)42(39,40)26-15-21(14-22(16-26)29(30,31)32)20-8-9-23(33-17-20)10-11-27(37)38/h5,7-9,13-17,24,34,36H,4,6,10-12,18-19H2,1-3H3,(H,37,38). The number of carbonyl (C=O) groups is 1. The van der Waals surface area contributed by atoms with Gasteiger partial charge in [0, 0.05) is 54.4 Å². The number of carboxylic acids is 1. The number of hydrogen-bond acceptors (Lipinski definition) is 7. The maximum Gasteiger partial charge on any atom is 0.416 e. The molecular formula is C29H36F3N3O5S2. The van der Waals surface area contributed by atoms with Crippen LogP contribution in [-0.4, -0.2) is 65.7 Å². The fourth-order valence-corrected chi connectivity index (χ4v) is 6.37. The lowest BCUT2D eigenvalue weighted by Crippen LogP contribution is -2.46. The number of pyridine rings is 1. The fourth-order valence-electron chi connectivity index (χ4n) is 4.34. The van der Waals surface area contributed by atoms with Crippen molar-refractivity contribution >= 4 is 27.3 Å². The van der Waals surface area contributed by atoms with Crippen molar-refractivity contribution in [3.63, 3.8) is 0 Å². The van der Waals surface area contributed by atoms with Crippen LogP contribution < -0.4 is 5.32 Å². The second kappa shape index (κ2) is 14.1. The Kier molecular flexibility index (Phi) is 11.3. The third-order valence-corrected chi connectivity index (χ3v) is 9.52. The molecule has 0 aliphatic carbocycles. The number of nitrogens with one attached hydrogen (secondary N) is 1. The third-order valence-electron chi connectivity index (χ3n) is 6.78. The molecule has 8 nitrogen and oxygen atoms in total. The second-order valence-electron chi connectivity index (χ2n) is 10.8. The number of β-amino-alcohol motifs (C(OH)–C–C–N with tert-alkyl or cyclic N) is 1. The fraction of sp³-hybridized carbons (Fsp3) is 0.448. The summed E-state index contributed by atoms with van der Waals surface area (Å²) in [5, 5.41) is 24.7. The number of thiophene rings is 1. The lowest BCUT2D eigenvalue weighted by Gasteiger charge is -2.29. The summed E-state index contributed by atoms with van der Waals surface area (Å²) < 4.78 is 68.8. The van der Waals surface area contributed by atoms with Crippen molar-refractivity contribution < 1.29 is 36.6 Å². The van der Waals surface area contributed by atoms with Crippen molar-refractivity contribution in [1.82, 2.24) is 14.6 Å². The van der Waals surface area contributed by atoms with Crippen LogP contribution in [0.1, 0.15) is 49.2 Å². The molecule has 1 unspecified atom stereocenters. The van der Waals surface area contributed by atoms with E-state index in [0.717, 1.165) is 35.7 Å². The predicted octanol–water partition coefficient (Wildman–Crippen LogP) is 5.22. The number of carboxylic acid groups (broad SMARTS) is 1. The molecule has 0 spiro atoms. The minimum atomic E-state index is -4.81. The van der Waals surface area contributed by atoms with E-state index < -0.39 is 38.7 Å². The van der Waals surface area contributed by atoms with Gasteiger partial charge in [0.05, 0.1) is 23.0 Å². The van der Waals surface area contributed by atoms with E-state index in [4.69, 9.17) is 5.11 Å². The smallest absolute Gasteiger partial charge is 0.416 e. The summed E-state index contributed by atoms with van der Waals surface area (Å²) in [6.45, 7) is 3.75. The van der Waals surface area contributed by atoms with Crippen molar-refractivity contribution in [3.05, 3.63) is 70.2 Å². The Morgan fingerprint density at radius 2 is 1.86 bits per heavy atom. The molecule has 3 N–H and O–H groups in total. The van der Waals surface area contributed by atoms with Crippen LogP contribution in [0.15, 0.2) is 58.9 Å². The van der Waals surface area contributed by atoms with Gasteiger partial charge in [0.15, 0.2) is 0 Å². The summed E-state index contributed by atoms with van der Waals surface area (Å²) in [5.74, 6) is -1.01. The van der Waals surface area contributed by atoms with Crippen molar-refractivity contribution in [3.8, 4) is 11.1 Å². The van der Waals surface area contributed by atoms with Gasteiger partial charge in [-0.05, 0) is 74.4 Å². The molecule has 1 atom stereocenters. The van der Waals surface area contributed by atoms with Crippen LogP contribution in [0.4, 0.5) is 13.2 Å². The normalized spacial score (nSPS) is 13.4. The SMILES string of the molecule is CN(CC(O)CNC(C)(C)CCCc1cccs1)S(=O)(=O)c1cc(-c2ccc(CCC(=O)O)nc2)cc(C(F)(F)F)c1. The second-order valence-corrected chi connectivity index (χ2v) is 13.9. The Labute approximate surface area is 248 Å². The molecule has 0 saturated heterocycles. The lowest BCUT2D eigenvalue weighted by molar-refractivity contribution is -0.138. The Hall–Kier alpha value is -2.84. The van der Waals surface area contributed by atoms with Crippen molar-refractivity contribution in [2.24, 2.45) is 0 Å². The maximum absolute atomic E-state index is 13.8. The Morgan fingerprint density at radius 1 is 1.12 bits per heavy atom. The number of aromatic nitrogens is 1. The molecule has 0 amide bonds. The van der Waals surface area contributed by atoms with E-state index in [2.05, 4.69) is 16.4 Å². The first-order valence-electron chi connectivity index (χ1n) is 13.4. The van der Waals surface area contributed by atoms with Crippen LogP contribution in [-0.2, 0) is 33.8 Å². The quantitative estimate of drug-likeness (QED) is 0.211. The van der Waals surface area contributed by atoms with Crippen molar-refractivity contribution in [1.29, 1.82) is 0 Å². The first-order valence-corrected chi connectivity index (χ1v) is 15.7. The van der Waals surface area contributed by atoms with Crippen LogP contribution >= 0.6 is 11.3 Å². The van der Waals surface area contributed by atoms with Gasteiger partial charge in [0.25, 0.3) is 0 Å². The molecule has 0 aliphatic rings. The van der Waals surface area contributed by atoms with Gasteiger partial charge in [0.2, 0.25) is 10.0 Å². The van der Waals surface area contributed by atoms with E-state index in [9.17, 15) is 31.5 Å². The van der Waals surface area contributed by atoms with E-state index in [1.54, 1.807) is 11.3 Å². The van der Waals surface area contributed by atoms with Gasteiger partial charge in [-0.1, -0.05) is 12.1 Å². The molecule has 13 heteroatoms. The summed E-state index contributed by atoms with van der Waals surface area (Å²) >= 11 is 1.70. The van der Waals surface area contributed by atoms with Gasteiger partial charge >= 0.3 is 12.1 Å². The molecule has 3 aromatic rings. The van der Waals surface area contributed by atoms with E-state index >= 15 is 0 Å². The molecule has 0 radical (unpaired) electrons.